The highest BCUT2D eigenvalue weighted by Gasteiger charge is 2.25. The number of nitro groups is 1. The van der Waals surface area contributed by atoms with Crippen LogP contribution in [0, 0.1) is 24.0 Å². The van der Waals surface area contributed by atoms with Crippen molar-refractivity contribution in [3.8, 4) is 23.1 Å². The van der Waals surface area contributed by atoms with Crippen molar-refractivity contribution in [1.29, 1.82) is 0 Å². The van der Waals surface area contributed by atoms with Crippen LogP contribution in [0.5, 0.6) is 5.88 Å². The molecular weight excluding hydrogens is 494 g/mol. The van der Waals surface area contributed by atoms with E-state index in [4.69, 9.17) is 9.26 Å². The van der Waals surface area contributed by atoms with Crippen LogP contribution < -0.4 is 15.7 Å². The predicted molar refractivity (Wildman–Crippen MR) is 134 cm³/mol. The summed E-state index contributed by atoms with van der Waals surface area (Å²) in [5, 5.41) is 23.2. The van der Waals surface area contributed by atoms with Gasteiger partial charge in [0.2, 0.25) is 23.4 Å². The first-order valence-electron chi connectivity index (χ1n) is 11.3. The lowest BCUT2D eigenvalue weighted by atomic mass is 10.1. The summed E-state index contributed by atoms with van der Waals surface area (Å²) < 4.78 is 11.3. The molecular formula is C24H21N9O5. The van der Waals surface area contributed by atoms with Gasteiger partial charge in [0.15, 0.2) is 5.82 Å². The largest absolute Gasteiger partial charge is 0.481 e. The molecule has 0 bridgehead atoms. The number of rotatable bonds is 8. The Morgan fingerprint density at radius 1 is 1.16 bits per heavy atom. The zero-order valence-corrected chi connectivity index (χ0v) is 20.4. The quantitative estimate of drug-likeness (QED) is 0.229. The number of anilines is 1. The fraction of sp³-hybridized carbons (Fsp3) is 0.167. The van der Waals surface area contributed by atoms with Gasteiger partial charge in [-0.05, 0) is 48.9 Å². The number of pyridine rings is 2. The molecule has 1 unspecified atom stereocenters. The minimum atomic E-state index is -0.694. The van der Waals surface area contributed by atoms with E-state index in [1.807, 2.05) is 37.3 Å². The van der Waals surface area contributed by atoms with Gasteiger partial charge in [-0.1, -0.05) is 5.16 Å². The van der Waals surface area contributed by atoms with Crippen LogP contribution in [0.15, 0.2) is 64.0 Å². The minimum Gasteiger partial charge on any atom is -0.481 e. The highest BCUT2D eigenvalue weighted by atomic mass is 16.6. The third-order valence-electron chi connectivity index (χ3n) is 5.55. The number of nitrogens with one attached hydrogen (secondary N) is 2. The second kappa shape index (κ2) is 9.93. The number of H-pyrrole nitrogens is 1. The van der Waals surface area contributed by atoms with Crippen molar-refractivity contribution in [3.63, 3.8) is 0 Å². The summed E-state index contributed by atoms with van der Waals surface area (Å²) in [7, 11) is 1.50. The van der Waals surface area contributed by atoms with Crippen molar-refractivity contribution in [2.75, 3.05) is 12.4 Å². The summed E-state index contributed by atoms with van der Waals surface area (Å²) in [5.74, 6) is 1.28. The second-order valence-electron chi connectivity index (χ2n) is 8.21. The van der Waals surface area contributed by atoms with Crippen LogP contribution in [0.3, 0.4) is 0 Å². The molecule has 0 saturated heterocycles. The molecule has 5 rings (SSSR count). The number of ether oxygens (including phenoxy) is 1. The molecule has 192 valence electrons. The van der Waals surface area contributed by atoms with Crippen LogP contribution in [0.4, 0.5) is 11.4 Å². The van der Waals surface area contributed by atoms with Crippen LogP contribution in [0.2, 0.25) is 0 Å². The molecule has 0 fully saturated rings. The van der Waals surface area contributed by atoms with Gasteiger partial charge in [0, 0.05) is 42.2 Å². The van der Waals surface area contributed by atoms with E-state index in [1.54, 1.807) is 13.0 Å². The van der Waals surface area contributed by atoms with Crippen molar-refractivity contribution < 1.29 is 14.2 Å². The first-order chi connectivity index (χ1) is 18.3. The van der Waals surface area contributed by atoms with Crippen molar-refractivity contribution in [1.82, 2.24) is 34.9 Å². The van der Waals surface area contributed by atoms with Gasteiger partial charge in [0.05, 0.1) is 12.0 Å². The van der Waals surface area contributed by atoms with E-state index in [0.29, 0.717) is 34.5 Å². The average molecular weight is 515 g/mol. The van der Waals surface area contributed by atoms with Crippen molar-refractivity contribution in [2.45, 2.75) is 19.9 Å². The zero-order chi connectivity index (χ0) is 26.8. The fourth-order valence-corrected chi connectivity index (χ4v) is 3.85. The number of aromatic amines is 1. The Hall–Kier alpha value is -5.40. The zero-order valence-electron chi connectivity index (χ0n) is 20.4. The lowest BCUT2D eigenvalue weighted by molar-refractivity contribution is -0.385. The molecule has 38 heavy (non-hydrogen) atoms. The highest BCUT2D eigenvalue weighted by Crippen LogP contribution is 2.29. The van der Waals surface area contributed by atoms with Crippen molar-refractivity contribution >= 4 is 11.4 Å². The third-order valence-corrected chi connectivity index (χ3v) is 5.55. The molecule has 0 aliphatic rings. The average Bonchev–Trinajstić information content (AvgIpc) is 3.52. The van der Waals surface area contributed by atoms with Crippen LogP contribution >= 0.6 is 0 Å². The van der Waals surface area contributed by atoms with Gasteiger partial charge in [0.1, 0.15) is 6.04 Å². The molecule has 14 nitrogen and oxygen atoms in total. The Bertz CT molecular complexity index is 1670. The van der Waals surface area contributed by atoms with Crippen LogP contribution in [0.1, 0.15) is 29.0 Å². The number of methoxy groups -OCH3 is 1. The maximum absolute atomic E-state index is 12.9. The molecule has 0 spiro atoms. The van der Waals surface area contributed by atoms with E-state index < -0.39 is 16.7 Å². The number of hydrogen-bond donors (Lipinski definition) is 2. The Kier molecular flexibility index (Phi) is 6.35. The summed E-state index contributed by atoms with van der Waals surface area (Å²) in [5.41, 5.74) is 1.76. The molecule has 4 heterocycles. The molecule has 14 heteroatoms. The highest BCUT2D eigenvalue weighted by molar-refractivity contribution is 5.60. The van der Waals surface area contributed by atoms with Gasteiger partial charge >= 0.3 is 11.4 Å². The molecule has 1 aromatic carbocycles. The lowest BCUT2D eigenvalue weighted by Gasteiger charge is -2.19. The van der Waals surface area contributed by atoms with E-state index in [-0.39, 0.29) is 17.3 Å². The van der Waals surface area contributed by atoms with Gasteiger partial charge in [-0.3, -0.25) is 15.1 Å². The Morgan fingerprint density at radius 3 is 2.63 bits per heavy atom. The minimum absolute atomic E-state index is 0.195. The van der Waals surface area contributed by atoms with Crippen molar-refractivity contribution in [3.05, 3.63) is 98.3 Å². The van der Waals surface area contributed by atoms with Crippen molar-refractivity contribution in [2.24, 2.45) is 0 Å². The van der Waals surface area contributed by atoms with Gasteiger partial charge < -0.3 is 14.6 Å². The Balaban J connectivity index is 1.57. The number of hydrogen-bond acceptors (Lipinski definition) is 11. The van der Waals surface area contributed by atoms with Crippen LogP contribution in [-0.2, 0) is 0 Å². The maximum atomic E-state index is 12.9. The number of nitrogens with zero attached hydrogens (tertiary/aromatic N) is 7. The van der Waals surface area contributed by atoms with Crippen LogP contribution in [0.25, 0.3) is 17.2 Å². The second-order valence-corrected chi connectivity index (χ2v) is 8.21. The molecule has 1 atom stereocenters. The van der Waals surface area contributed by atoms with Gasteiger partial charge in [-0.25, -0.2) is 14.8 Å². The molecule has 5 aromatic rings. The molecule has 2 N–H and O–H groups in total. The Labute approximate surface area is 214 Å². The summed E-state index contributed by atoms with van der Waals surface area (Å²) in [6, 6.07) is 12.8. The van der Waals surface area contributed by atoms with E-state index in [2.05, 4.69) is 35.5 Å². The number of benzene rings is 1. The monoisotopic (exact) mass is 515 g/mol. The fourth-order valence-electron chi connectivity index (χ4n) is 3.85. The van der Waals surface area contributed by atoms with E-state index in [9.17, 15) is 14.9 Å². The first-order valence-corrected chi connectivity index (χ1v) is 11.3. The van der Waals surface area contributed by atoms with Crippen LogP contribution in [-0.4, -0.2) is 46.9 Å². The van der Waals surface area contributed by atoms with E-state index >= 15 is 0 Å². The van der Waals surface area contributed by atoms with E-state index in [0.717, 1.165) is 10.2 Å². The third kappa shape index (κ3) is 4.82. The maximum Gasteiger partial charge on any atom is 0.349 e. The first kappa shape index (κ1) is 24.3. The molecule has 0 aliphatic carbocycles. The van der Waals surface area contributed by atoms with Gasteiger partial charge in [-0.15, -0.1) is 5.10 Å². The van der Waals surface area contributed by atoms with Gasteiger partial charge in [0.25, 0.3) is 0 Å². The molecule has 0 radical (unpaired) electrons. The molecule has 0 aliphatic heterocycles. The molecule has 4 aromatic heterocycles. The smallest absolute Gasteiger partial charge is 0.349 e. The topological polar surface area (TPSA) is 180 Å². The number of aryl methyl sites for hydroxylation is 2. The standard InChI is InChI=1S/C24H21N9O5/c1-13-11-16(12-19(26-13)37-3)20(28-17-8-6-15(7-9-17)21-27-14(2)38-31-21)22-29-24(34)32(30-22)23-18(33(35)36)5-4-10-25-23/h4-12,20,28H,1-3H3,(H,29,30,34). The summed E-state index contributed by atoms with van der Waals surface area (Å²) in [6.07, 6.45) is 1.35. The normalized spacial score (nSPS) is 11.8. The summed E-state index contributed by atoms with van der Waals surface area (Å²) in [6.45, 7) is 3.52. The lowest BCUT2D eigenvalue weighted by Crippen LogP contribution is -2.18. The number of aromatic nitrogens is 7. The SMILES string of the molecule is COc1cc(C(Nc2ccc(-c3noc(C)n3)cc2)c2nn(-c3ncccc3[N+](=O)[O-])c(=O)[nH]2)cc(C)n1. The summed E-state index contributed by atoms with van der Waals surface area (Å²) in [4.78, 5) is 39.1. The molecule has 0 saturated carbocycles. The summed E-state index contributed by atoms with van der Waals surface area (Å²) >= 11 is 0. The Morgan fingerprint density at radius 2 is 1.95 bits per heavy atom. The molecule has 0 amide bonds. The van der Waals surface area contributed by atoms with E-state index in [1.165, 1.54) is 25.4 Å². The van der Waals surface area contributed by atoms with Gasteiger partial charge in [-0.2, -0.15) is 9.67 Å². The predicted octanol–water partition coefficient (Wildman–Crippen LogP) is 3.14.